The first-order valence-corrected chi connectivity index (χ1v) is 13.8. The fourth-order valence-electron chi connectivity index (χ4n) is 4.86. The van der Waals surface area contributed by atoms with Crippen LogP contribution in [0.25, 0.3) is 15.9 Å². The van der Waals surface area contributed by atoms with E-state index in [0.29, 0.717) is 34.9 Å². The van der Waals surface area contributed by atoms with Crippen LogP contribution in [0, 0.1) is 17.1 Å². The van der Waals surface area contributed by atoms with Gasteiger partial charge in [-0.1, -0.05) is 18.2 Å². The van der Waals surface area contributed by atoms with Crippen LogP contribution in [-0.2, 0) is 24.4 Å². The van der Waals surface area contributed by atoms with Crippen molar-refractivity contribution in [2.45, 2.75) is 38.6 Å². The zero-order valence-corrected chi connectivity index (χ0v) is 23.9. The molecular formula is C29H28FN5O4S2. The van der Waals surface area contributed by atoms with Gasteiger partial charge in [0.2, 0.25) is 5.88 Å². The van der Waals surface area contributed by atoms with E-state index in [1.807, 2.05) is 18.2 Å². The summed E-state index contributed by atoms with van der Waals surface area (Å²) in [6, 6.07) is 13.4. The van der Waals surface area contributed by atoms with Crippen LogP contribution < -0.4 is 4.74 Å². The second-order valence-corrected chi connectivity index (χ2v) is 10.8. The number of carbonyl (C=O) groups is 1. The van der Waals surface area contributed by atoms with E-state index < -0.39 is 11.8 Å². The molecule has 1 N–H and O–H groups in total. The van der Waals surface area contributed by atoms with E-state index >= 15 is 0 Å². The average molecular weight is 594 g/mol. The zero-order valence-electron chi connectivity index (χ0n) is 22.0. The lowest BCUT2D eigenvalue weighted by atomic mass is 10.0. The van der Waals surface area contributed by atoms with Gasteiger partial charge in [0, 0.05) is 31.3 Å². The Kier molecular flexibility index (Phi) is 8.70. The summed E-state index contributed by atoms with van der Waals surface area (Å²) >= 11 is 1.26. The largest absolute Gasteiger partial charge is 0.477 e. The Labute approximate surface area is 246 Å². The van der Waals surface area contributed by atoms with Crippen LogP contribution in [0.15, 0.2) is 48.5 Å². The number of aromatic nitrogens is 3. The van der Waals surface area contributed by atoms with Gasteiger partial charge < -0.3 is 19.1 Å². The molecule has 2 aliphatic heterocycles. The van der Waals surface area contributed by atoms with Crippen molar-refractivity contribution in [1.29, 1.82) is 5.26 Å². The summed E-state index contributed by atoms with van der Waals surface area (Å²) < 4.78 is 27.7. The number of thiophene rings is 1. The van der Waals surface area contributed by atoms with Crippen LogP contribution in [0.3, 0.4) is 0 Å². The Morgan fingerprint density at radius 1 is 1.27 bits per heavy atom. The fourth-order valence-corrected chi connectivity index (χ4v) is 5.82. The Morgan fingerprint density at radius 3 is 2.80 bits per heavy atom. The lowest BCUT2D eigenvalue weighted by molar-refractivity contribution is -0.0591. The lowest BCUT2D eigenvalue weighted by Crippen LogP contribution is -2.33. The third-order valence-corrected chi connectivity index (χ3v) is 8.29. The number of rotatable bonds is 9. The third kappa shape index (κ3) is 6.28. The molecule has 0 spiro atoms. The van der Waals surface area contributed by atoms with Crippen LogP contribution in [0.5, 0.6) is 5.88 Å². The van der Waals surface area contributed by atoms with Gasteiger partial charge in [0.25, 0.3) is 0 Å². The summed E-state index contributed by atoms with van der Waals surface area (Å²) in [5.74, 6) is -0.0952. The second kappa shape index (κ2) is 12.4. The van der Waals surface area contributed by atoms with E-state index in [2.05, 4.69) is 20.5 Å². The number of nitrogens with zero attached hydrogens (tertiary/aromatic N) is 5. The van der Waals surface area contributed by atoms with E-state index in [0.717, 1.165) is 54.5 Å². The van der Waals surface area contributed by atoms with Crippen molar-refractivity contribution in [1.82, 2.24) is 19.4 Å². The number of imidazole rings is 1. The highest BCUT2D eigenvalue weighted by Crippen LogP contribution is 2.30. The van der Waals surface area contributed by atoms with Crippen molar-refractivity contribution in [2.75, 3.05) is 19.7 Å². The molecular weight excluding hydrogens is 565 g/mol. The maximum Gasteiger partial charge on any atom is 0.346 e. The number of carboxylic acid groups (broad SMARTS) is 1. The molecule has 1 atom stereocenters. The summed E-state index contributed by atoms with van der Waals surface area (Å²) in [5, 5.41) is 18.3. The SMILES string of the molecule is N#Cc1ccc(COc2cccc(C3=CCN(Cc4nc5cc(C(=O)O)sc5n4C[C@@H]4CCO4)CC3)n2)c(F)c1.S. The number of benzene rings is 1. The molecule has 0 bridgehead atoms. The topological polar surface area (TPSA) is 114 Å². The molecule has 0 radical (unpaired) electrons. The van der Waals surface area contributed by atoms with Crippen LogP contribution in [0.4, 0.5) is 4.39 Å². The summed E-state index contributed by atoms with van der Waals surface area (Å²) in [6.07, 6.45) is 4.08. The van der Waals surface area contributed by atoms with Gasteiger partial charge in [0.1, 0.15) is 33.5 Å². The highest BCUT2D eigenvalue weighted by atomic mass is 32.1. The number of carboxylic acids is 1. The van der Waals surface area contributed by atoms with Gasteiger partial charge in [-0.15, -0.1) is 11.3 Å². The van der Waals surface area contributed by atoms with Gasteiger partial charge in [-0.25, -0.2) is 19.2 Å². The number of hydrogen-bond acceptors (Lipinski definition) is 8. The van der Waals surface area contributed by atoms with Crippen molar-refractivity contribution < 1.29 is 23.8 Å². The minimum Gasteiger partial charge on any atom is -0.477 e. The molecule has 1 fully saturated rings. The standard InChI is InChI=1S/C29H26FN5O4S.H2S/c30-22-12-18(14-31)4-5-20(22)17-39-27-3-1-2-23(33-27)19-6-9-34(10-7-19)16-26-32-24-13-25(29(36)37)40-28(24)35(26)15-21-8-11-38-21;/h1-6,12-13,21H,7-11,15-17H2,(H,36,37);1H2/t21-;/m0./s1. The van der Waals surface area contributed by atoms with Crippen molar-refractivity contribution in [3.05, 3.63) is 81.9 Å². The molecule has 1 aromatic carbocycles. The summed E-state index contributed by atoms with van der Waals surface area (Å²) in [4.78, 5) is 24.4. The van der Waals surface area contributed by atoms with E-state index in [9.17, 15) is 14.3 Å². The van der Waals surface area contributed by atoms with E-state index in [1.54, 1.807) is 24.3 Å². The number of aromatic carboxylic acids is 1. The predicted molar refractivity (Wildman–Crippen MR) is 157 cm³/mol. The van der Waals surface area contributed by atoms with E-state index in [1.165, 1.54) is 17.4 Å². The van der Waals surface area contributed by atoms with Crippen LogP contribution in [-0.4, -0.2) is 56.3 Å². The molecule has 0 saturated carbocycles. The first-order valence-electron chi connectivity index (χ1n) is 13.0. The molecule has 3 aromatic heterocycles. The molecule has 9 nitrogen and oxygen atoms in total. The molecule has 0 unspecified atom stereocenters. The highest BCUT2D eigenvalue weighted by molar-refractivity contribution is 7.59. The number of halogens is 1. The molecule has 5 heterocycles. The van der Waals surface area contributed by atoms with Gasteiger partial charge in [-0.05, 0) is 42.7 Å². The first kappa shape index (κ1) is 28.8. The van der Waals surface area contributed by atoms with Crippen molar-refractivity contribution in [2.24, 2.45) is 0 Å². The molecule has 6 rings (SSSR count). The first-order chi connectivity index (χ1) is 19.5. The van der Waals surface area contributed by atoms with Crippen molar-refractivity contribution in [3.63, 3.8) is 0 Å². The smallest absolute Gasteiger partial charge is 0.346 e. The molecule has 212 valence electrons. The number of fused-ring (bicyclic) bond motifs is 1. The van der Waals surface area contributed by atoms with E-state index in [4.69, 9.17) is 19.7 Å². The molecule has 4 aromatic rings. The maximum absolute atomic E-state index is 14.2. The normalized spacial score (nSPS) is 16.9. The monoisotopic (exact) mass is 593 g/mol. The Balaban J connectivity index is 0.00000337. The summed E-state index contributed by atoms with van der Waals surface area (Å²) in [5.41, 5.74) is 3.28. The van der Waals surface area contributed by atoms with E-state index in [-0.39, 0.29) is 31.8 Å². The molecule has 0 aliphatic carbocycles. The third-order valence-electron chi connectivity index (χ3n) is 7.16. The van der Waals surface area contributed by atoms with Crippen LogP contribution in [0.1, 0.15) is 45.2 Å². The van der Waals surface area contributed by atoms with Gasteiger partial charge in [0.05, 0.1) is 36.5 Å². The van der Waals surface area contributed by atoms with Gasteiger partial charge in [0.15, 0.2) is 0 Å². The Hall–Kier alpha value is -3.76. The summed E-state index contributed by atoms with van der Waals surface area (Å²) in [6.45, 7) is 3.63. The Morgan fingerprint density at radius 2 is 2.12 bits per heavy atom. The molecule has 41 heavy (non-hydrogen) atoms. The predicted octanol–water partition coefficient (Wildman–Crippen LogP) is 4.97. The van der Waals surface area contributed by atoms with Crippen molar-refractivity contribution >= 4 is 46.7 Å². The van der Waals surface area contributed by atoms with Crippen molar-refractivity contribution in [3.8, 4) is 11.9 Å². The lowest BCUT2D eigenvalue weighted by Gasteiger charge is -2.29. The quantitative estimate of drug-likeness (QED) is 0.289. The average Bonchev–Trinajstić information content (AvgIpc) is 3.49. The molecule has 0 amide bonds. The minimum absolute atomic E-state index is 0. The molecule has 1 saturated heterocycles. The Bertz CT molecular complexity index is 1660. The fraction of sp³-hybridized carbons (Fsp3) is 0.310. The number of nitriles is 1. The minimum atomic E-state index is -0.936. The number of pyridine rings is 1. The van der Waals surface area contributed by atoms with Crippen LogP contribution >= 0.6 is 24.8 Å². The second-order valence-electron chi connectivity index (χ2n) is 9.81. The van der Waals surface area contributed by atoms with Gasteiger partial charge in [-0.3, -0.25) is 4.90 Å². The summed E-state index contributed by atoms with van der Waals surface area (Å²) in [7, 11) is 0. The van der Waals surface area contributed by atoms with Gasteiger partial charge in [-0.2, -0.15) is 18.8 Å². The highest BCUT2D eigenvalue weighted by Gasteiger charge is 2.25. The number of hydrogen-bond donors (Lipinski definition) is 1. The molecule has 12 heteroatoms. The molecule has 2 aliphatic rings. The zero-order chi connectivity index (χ0) is 27.6. The maximum atomic E-state index is 14.2. The van der Waals surface area contributed by atoms with Crippen LogP contribution in [0.2, 0.25) is 0 Å². The van der Waals surface area contributed by atoms with Gasteiger partial charge >= 0.3 is 5.97 Å². The number of ether oxygens (including phenoxy) is 2.